The van der Waals surface area contributed by atoms with Crippen molar-refractivity contribution in [2.45, 2.75) is 12.3 Å². The first-order chi connectivity index (χ1) is 11.3. The lowest BCUT2D eigenvalue weighted by atomic mass is 10.00. The fourth-order valence-electron chi connectivity index (χ4n) is 1.93. The fourth-order valence-corrected chi connectivity index (χ4v) is 1.93. The number of hydrogen-bond donors (Lipinski definition) is 1. The standard InChI is InChI=1S/C16H13F3N2O3/c1-2-8-24-15(23)11-5-4-10(13(22)16(17,18)19)9-12(11)14-20-6-3-7-21-14/h2-7,9,13,22H,1,8H2. The molecule has 0 saturated carbocycles. The molecule has 0 amide bonds. The van der Waals surface area contributed by atoms with Crippen LogP contribution in [-0.4, -0.2) is 33.8 Å². The molecule has 2 aromatic rings. The molecule has 0 aliphatic rings. The topological polar surface area (TPSA) is 72.3 Å². The number of aliphatic hydroxyl groups is 1. The molecule has 0 aliphatic carbocycles. The molecule has 0 spiro atoms. The highest BCUT2D eigenvalue weighted by Crippen LogP contribution is 2.34. The van der Waals surface area contributed by atoms with Crippen LogP contribution in [-0.2, 0) is 4.74 Å². The van der Waals surface area contributed by atoms with Gasteiger partial charge in [-0.25, -0.2) is 14.8 Å². The number of nitrogens with zero attached hydrogens (tertiary/aromatic N) is 2. The van der Waals surface area contributed by atoms with E-state index in [2.05, 4.69) is 16.5 Å². The van der Waals surface area contributed by atoms with Crippen LogP contribution in [0.3, 0.4) is 0 Å². The minimum absolute atomic E-state index is 0.0128. The normalized spacial score (nSPS) is 12.5. The Labute approximate surface area is 135 Å². The van der Waals surface area contributed by atoms with E-state index in [1.807, 2.05) is 0 Å². The number of esters is 1. The highest BCUT2D eigenvalue weighted by atomic mass is 19.4. The summed E-state index contributed by atoms with van der Waals surface area (Å²) in [5.41, 5.74) is -0.406. The number of rotatable bonds is 5. The first kappa shape index (κ1) is 17.6. The Bertz CT molecular complexity index is 733. The predicted octanol–water partition coefficient (Wildman–Crippen LogP) is 3.08. The molecule has 1 unspecified atom stereocenters. The van der Waals surface area contributed by atoms with E-state index in [1.165, 1.54) is 24.5 Å². The van der Waals surface area contributed by atoms with Gasteiger partial charge in [-0.1, -0.05) is 18.7 Å². The summed E-state index contributed by atoms with van der Waals surface area (Å²) in [6.07, 6.45) is -3.39. The van der Waals surface area contributed by atoms with Crippen molar-refractivity contribution in [1.82, 2.24) is 9.97 Å². The number of alkyl halides is 3. The van der Waals surface area contributed by atoms with Crippen LogP contribution in [0.15, 0.2) is 49.3 Å². The molecule has 1 heterocycles. The van der Waals surface area contributed by atoms with E-state index in [-0.39, 0.29) is 23.6 Å². The van der Waals surface area contributed by atoms with Crippen LogP contribution >= 0.6 is 0 Å². The number of ether oxygens (including phenoxy) is 1. The van der Waals surface area contributed by atoms with E-state index < -0.39 is 23.8 Å². The fraction of sp³-hybridized carbons (Fsp3) is 0.188. The second-order valence-electron chi connectivity index (χ2n) is 4.71. The molecule has 1 N–H and O–H groups in total. The molecule has 0 radical (unpaired) electrons. The lowest BCUT2D eigenvalue weighted by molar-refractivity contribution is -0.206. The second kappa shape index (κ2) is 7.22. The van der Waals surface area contributed by atoms with Gasteiger partial charge in [-0.15, -0.1) is 0 Å². The predicted molar refractivity (Wildman–Crippen MR) is 79.0 cm³/mol. The van der Waals surface area contributed by atoms with Gasteiger partial charge in [0.05, 0.1) is 5.56 Å². The Morgan fingerprint density at radius 2 is 2.00 bits per heavy atom. The van der Waals surface area contributed by atoms with Gasteiger partial charge in [0.1, 0.15) is 6.61 Å². The van der Waals surface area contributed by atoms with Crippen LogP contribution in [0.4, 0.5) is 13.2 Å². The second-order valence-corrected chi connectivity index (χ2v) is 4.71. The molecular formula is C16H13F3N2O3. The van der Waals surface area contributed by atoms with Crippen molar-refractivity contribution in [1.29, 1.82) is 0 Å². The van der Waals surface area contributed by atoms with E-state index in [0.717, 1.165) is 18.2 Å². The monoisotopic (exact) mass is 338 g/mol. The summed E-state index contributed by atoms with van der Waals surface area (Å²) in [6.45, 7) is 3.36. The molecule has 1 aromatic carbocycles. The van der Waals surface area contributed by atoms with Gasteiger partial charge < -0.3 is 9.84 Å². The first-order valence-corrected chi connectivity index (χ1v) is 6.78. The smallest absolute Gasteiger partial charge is 0.418 e. The SMILES string of the molecule is C=CCOC(=O)c1ccc(C(O)C(F)(F)F)cc1-c1ncccn1. The van der Waals surface area contributed by atoms with E-state index in [9.17, 15) is 23.1 Å². The van der Waals surface area contributed by atoms with Gasteiger partial charge in [0, 0.05) is 18.0 Å². The molecule has 0 bridgehead atoms. The average Bonchev–Trinajstić information content (AvgIpc) is 2.58. The summed E-state index contributed by atoms with van der Waals surface area (Å²) < 4.78 is 43.0. The Kier molecular flexibility index (Phi) is 5.30. The van der Waals surface area contributed by atoms with Crippen molar-refractivity contribution in [3.63, 3.8) is 0 Å². The molecule has 24 heavy (non-hydrogen) atoms. The van der Waals surface area contributed by atoms with Gasteiger partial charge in [-0.05, 0) is 23.8 Å². The third kappa shape index (κ3) is 3.96. The van der Waals surface area contributed by atoms with E-state index >= 15 is 0 Å². The summed E-state index contributed by atoms with van der Waals surface area (Å²) in [7, 11) is 0. The number of benzene rings is 1. The number of aromatic nitrogens is 2. The Morgan fingerprint density at radius 1 is 1.33 bits per heavy atom. The third-order valence-corrected chi connectivity index (χ3v) is 3.03. The van der Waals surface area contributed by atoms with Crippen molar-refractivity contribution >= 4 is 5.97 Å². The van der Waals surface area contributed by atoms with Crippen LogP contribution in [0.5, 0.6) is 0 Å². The summed E-state index contributed by atoms with van der Waals surface area (Å²) in [4.78, 5) is 19.9. The highest BCUT2D eigenvalue weighted by Gasteiger charge is 2.39. The van der Waals surface area contributed by atoms with Crippen molar-refractivity contribution in [3.05, 3.63) is 60.4 Å². The molecular weight excluding hydrogens is 325 g/mol. The lowest BCUT2D eigenvalue weighted by Gasteiger charge is -2.16. The van der Waals surface area contributed by atoms with E-state index in [4.69, 9.17) is 4.74 Å². The van der Waals surface area contributed by atoms with Gasteiger partial charge in [0.15, 0.2) is 11.9 Å². The van der Waals surface area contributed by atoms with Gasteiger partial charge in [0.2, 0.25) is 0 Å². The molecule has 1 aromatic heterocycles. The maximum absolute atomic E-state index is 12.7. The largest absolute Gasteiger partial charge is 0.458 e. The summed E-state index contributed by atoms with van der Waals surface area (Å²) >= 11 is 0. The number of halogens is 3. The van der Waals surface area contributed by atoms with Gasteiger partial charge >= 0.3 is 12.1 Å². The minimum atomic E-state index is -4.83. The third-order valence-electron chi connectivity index (χ3n) is 3.03. The summed E-state index contributed by atoms with van der Waals surface area (Å²) in [5.74, 6) is -0.718. The van der Waals surface area contributed by atoms with Crippen molar-refractivity contribution in [2.24, 2.45) is 0 Å². The molecule has 0 aliphatic heterocycles. The Hall–Kier alpha value is -2.74. The molecule has 0 fully saturated rings. The zero-order valence-electron chi connectivity index (χ0n) is 12.3. The Morgan fingerprint density at radius 3 is 2.58 bits per heavy atom. The van der Waals surface area contributed by atoms with Crippen LogP contribution < -0.4 is 0 Å². The zero-order chi connectivity index (χ0) is 17.7. The van der Waals surface area contributed by atoms with Crippen LogP contribution in [0.25, 0.3) is 11.4 Å². The van der Waals surface area contributed by atoms with Gasteiger partial charge in [0.25, 0.3) is 0 Å². The van der Waals surface area contributed by atoms with Crippen LogP contribution in [0, 0.1) is 0 Å². The molecule has 1 atom stereocenters. The lowest BCUT2D eigenvalue weighted by Crippen LogP contribution is -2.20. The molecule has 5 nitrogen and oxygen atoms in total. The molecule has 2 rings (SSSR count). The maximum Gasteiger partial charge on any atom is 0.418 e. The quantitative estimate of drug-likeness (QED) is 0.670. The van der Waals surface area contributed by atoms with E-state index in [1.54, 1.807) is 0 Å². The summed E-state index contributed by atoms with van der Waals surface area (Å²) in [5, 5.41) is 9.40. The highest BCUT2D eigenvalue weighted by molar-refractivity contribution is 5.96. The Balaban J connectivity index is 2.52. The van der Waals surface area contributed by atoms with Crippen molar-refractivity contribution in [3.8, 4) is 11.4 Å². The molecule has 126 valence electrons. The molecule has 0 saturated heterocycles. The minimum Gasteiger partial charge on any atom is -0.458 e. The maximum atomic E-state index is 12.7. The number of aliphatic hydroxyl groups excluding tert-OH is 1. The van der Waals surface area contributed by atoms with E-state index in [0.29, 0.717) is 0 Å². The van der Waals surface area contributed by atoms with Crippen molar-refractivity contribution < 1.29 is 27.8 Å². The molecule has 8 heteroatoms. The number of hydrogen-bond acceptors (Lipinski definition) is 5. The zero-order valence-corrected chi connectivity index (χ0v) is 12.3. The first-order valence-electron chi connectivity index (χ1n) is 6.78. The van der Waals surface area contributed by atoms with Crippen LogP contribution in [0.2, 0.25) is 0 Å². The van der Waals surface area contributed by atoms with Crippen molar-refractivity contribution in [2.75, 3.05) is 6.61 Å². The van der Waals surface area contributed by atoms with Gasteiger partial charge in [-0.3, -0.25) is 0 Å². The summed E-state index contributed by atoms with van der Waals surface area (Å²) in [6, 6.07) is 4.70. The van der Waals surface area contributed by atoms with Gasteiger partial charge in [-0.2, -0.15) is 13.2 Å². The van der Waals surface area contributed by atoms with Crippen LogP contribution in [0.1, 0.15) is 22.0 Å². The number of carbonyl (C=O) groups is 1. The number of carbonyl (C=O) groups excluding carboxylic acids is 1. The average molecular weight is 338 g/mol.